The third-order valence-electron chi connectivity index (χ3n) is 4.11. The van der Waals surface area contributed by atoms with Crippen LogP contribution in [-0.4, -0.2) is 67.7 Å². The van der Waals surface area contributed by atoms with Crippen LogP contribution in [0.2, 0.25) is 0 Å². The molecule has 25 heavy (non-hydrogen) atoms. The van der Waals surface area contributed by atoms with Crippen molar-refractivity contribution < 1.29 is 4.74 Å². The lowest BCUT2D eigenvalue weighted by Crippen LogP contribution is -2.46. The van der Waals surface area contributed by atoms with Crippen molar-refractivity contribution in [2.75, 3.05) is 51.1 Å². The predicted octanol–water partition coefficient (Wildman–Crippen LogP) is 2.46. The first-order chi connectivity index (χ1) is 11.6. The number of guanidine groups is 1. The minimum atomic E-state index is 0. The van der Waals surface area contributed by atoms with Crippen molar-refractivity contribution in [2.45, 2.75) is 26.9 Å². The Morgan fingerprint density at radius 3 is 2.32 bits per heavy atom. The molecule has 2 rings (SSSR count). The molecule has 7 heteroatoms. The molecule has 0 amide bonds. The summed E-state index contributed by atoms with van der Waals surface area (Å²) in [7, 11) is 0. The van der Waals surface area contributed by atoms with Crippen molar-refractivity contribution >= 4 is 35.6 Å². The van der Waals surface area contributed by atoms with Gasteiger partial charge < -0.3 is 20.7 Å². The van der Waals surface area contributed by atoms with E-state index in [9.17, 15) is 0 Å². The Bertz CT molecular complexity index is 513. The van der Waals surface area contributed by atoms with Crippen LogP contribution < -0.4 is 15.8 Å². The second-order valence-electron chi connectivity index (χ2n) is 6.36. The largest absolute Gasteiger partial charge is 0.491 e. The molecule has 1 fully saturated rings. The van der Waals surface area contributed by atoms with Crippen molar-refractivity contribution in [1.29, 1.82) is 0 Å². The Kier molecular flexibility index (Phi) is 10.1. The van der Waals surface area contributed by atoms with E-state index in [-0.39, 0.29) is 30.1 Å². The van der Waals surface area contributed by atoms with E-state index in [1.165, 1.54) is 0 Å². The van der Waals surface area contributed by atoms with Gasteiger partial charge in [-0.25, -0.2) is 0 Å². The van der Waals surface area contributed by atoms with Crippen molar-refractivity contribution in [2.24, 2.45) is 10.7 Å². The zero-order chi connectivity index (χ0) is 17.4. The van der Waals surface area contributed by atoms with E-state index in [1.54, 1.807) is 0 Å². The van der Waals surface area contributed by atoms with Gasteiger partial charge in [0.1, 0.15) is 5.75 Å². The molecule has 142 valence electrons. The number of rotatable bonds is 7. The minimum Gasteiger partial charge on any atom is -0.491 e. The normalized spacial score (nSPS) is 16.6. The Morgan fingerprint density at radius 2 is 1.76 bits per heavy atom. The molecule has 3 N–H and O–H groups in total. The summed E-state index contributed by atoms with van der Waals surface area (Å²) in [4.78, 5) is 9.34. The molecular weight excluding hydrogens is 429 g/mol. The molecule has 1 aliphatic rings. The van der Waals surface area contributed by atoms with Crippen molar-refractivity contribution in [1.82, 2.24) is 9.80 Å². The fourth-order valence-electron chi connectivity index (χ4n) is 2.72. The molecule has 0 spiro atoms. The number of ether oxygens (including phenoxy) is 1. The summed E-state index contributed by atoms with van der Waals surface area (Å²) < 4.78 is 5.62. The second-order valence-corrected chi connectivity index (χ2v) is 6.36. The summed E-state index contributed by atoms with van der Waals surface area (Å²) in [5.74, 6) is 1.32. The van der Waals surface area contributed by atoms with Gasteiger partial charge in [0.25, 0.3) is 0 Å². The SMILES string of the molecule is CCN1CCN(CCN=C(N)Nc2ccc(OC(C)C)cc2)CC1.I. The van der Waals surface area contributed by atoms with Crippen LogP contribution in [-0.2, 0) is 0 Å². The average molecular weight is 461 g/mol. The van der Waals surface area contributed by atoms with Crippen molar-refractivity contribution in [3.05, 3.63) is 24.3 Å². The highest BCUT2D eigenvalue weighted by Crippen LogP contribution is 2.16. The summed E-state index contributed by atoms with van der Waals surface area (Å²) in [6.07, 6.45) is 0.176. The summed E-state index contributed by atoms with van der Waals surface area (Å²) in [6, 6.07) is 7.76. The van der Waals surface area contributed by atoms with Crippen LogP contribution in [0.5, 0.6) is 5.75 Å². The van der Waals surface area contributed by atoms with Gasteiger partial charge in [-0.05, 0) is 44.7 Å². The first kappa shape index (κ1) is 22.0. The fraction of sp³-hybridized carbons (Fsp3) is 0.611. The minimum absolute atomic E-state index is 0. The molecular formula is C18H32IN5O. The number of nitrogens with one attached hydrogen (secondary N) is 1. The summed E-state index contributed by atoms with van der Waals surface area (Å²) in [6.45, 7) is 13.6. The Balaban J connectivity index is 0.00000312. The zero-order valence-electron chi connectivity index (χ0n) is 15.6. The Morgan fingerprint density at radius 1 is 1.16 bits per heavy atom. The number of aliphatic imine (C=N–C) groups is 1. The molecule has 0 aliphatic carbocycles. The average Bonchev–Trinajstić information content (AvgIpc) is 2.57. The first-order valence-electron chi connectivity index (χ1n) is 8.85. The maximum Gasteiger partial charge on any atom is 0.193 e. The number of anilines is 1. The summed E-state index contributed by atoms with van der Waals surface area (Å²) in [5, 5.41) is 3.12. The fourth-order valence-corrected chi connectivity index (χ4v) is 2.72. The van der Waals surface area contributed by atoms with Crippen LogP contribution in [0.3, 0.4) is 0 Å². The molecule has 1 heterocycles. The summed E-state index contributed by atoms with van der Waals surface area (Å²) in [5.41, 5.74) is 6.88. The molecule has 0 saturated carbocycles. The van der Waals surface area contributed by atoms with Gasteiger partial charge in [0.15, 0.2) is 5.96 Å². The molecule has 1 aromatic rings. The van der Waals surface area contributed by atoms with Crippen LogP contribution in [0.1, 0.15) is 20.8 Å². The number of likely N-dealkylation sites (N-methyl/N-ethyl adjacent to an activating group) is 1. The molecule has 0 bridgehead atoms. The molecule has 0 radical (unpaired) electrons. The van der Waals surface area contributed by atoms with Crippen LogP contribution in [0.4, 0.5) is 5.69 Å². The van der Waals surface area contributed by atoms with E-state index < -0.39 is 0 Å². The third-order valence-corrected chi connectivity index (χ3v) is 4.11. The number of nitrogens with two attached hydrogens (primary N) is 1. The van der Waals surface area contributed by atoms with Gasteiger partial charge in [-0.3, -0.25) is 9.89 Å². The van der Waals surface area contributed by atoms with E-state index >= 15 is 0 Å². The van der Waals surface area contributed by atoms with E-state index in [4.69, 9.17) is 10.5 Å². The second kappa shape index (κ2) is 11.5. The topological polar surface area (TPSA) is 66.1 Å². The molecule has 0 unspecified atom stereocenters. The van der Waals surface area contributed by atoms with E-state index in [0.29, 0.717) is 5.96 Å². The lowest BCUT2D eigenvalue weighted by atomic mass is 10.3. The molecule has 1 saturated heterocycles. The molecule has 0 aromatic heterocycles. The highest BCUT2D eigenvalue weighted by atomic mass is 127. The van der Waals surface area contributed by atoms with Gasteiger partial charge in [-0.1, -0.05) is 6.92 Å². The standard InChI is InChI=1S/C18H31N5O.HI/c1-4-22-11-13-23(14-12-22)10-9-20-18(19)21-16-5-7-17(8-6-16)24-15(2)3;/h5-8,15H,4,9-14H2,1-3H3,(H3,19,20,21);1H. The van der Waals surface area contributed by atoms with E-state index in [0.717, 1.165) is 57.3 Å². The van der Waals surface area contributed by atoms with Crippen LogP contribution >= 0.6 is 24.0 Å². The van der Waals surface area contributed by atoms with Crippen LogP contribution in [0.25, 0.3) is 0 Å². The van der Waals surface area contributed by atoms with Gasteiger partial charge in [-0.2, -0.15) is 0 Å². The van der Waals surface area contributed by atoms with Gasteiger partial charge in [0.2, 0.25) is 0 Å². The van der Waals surface area contributed by atoms with Crippen molar-refractivity contribution in [3.8, 4) is 5.75 Å². The molecule has 1 aromatic carbocycles. The van der Waals surface area contributed by atoms with E-state index in [1.807, 2.05) is 38.1 Å². The quantitative estimate of drug-likeness (QED) is 0.371. The highest BCUT2D eigenvalue weighted by molar-refractivity contribution is 14.0. The number of halogens is 1. The Hall–Kier alpha value is -1.06. The highest BCUT2D eigenvalue weighted by Gasteiger charge is 2.14. The van der Waals surface area contributed by atoms with Gasteiger partial charge in [0.05, 0.1) is 12.6 Å². The molecule has 6 nitrogen and oxygen atoms in total. The monoisotopic (exact) mass is 461 g/mol. The van der Waals surface area contributed by atoms with Gasteiger partial charge in [0, 0.05) is 38.4 Å². The third kappa shape index (κ3) is 8.24. The van der Waals surface area contributed by atoms with E-state index in [2.05, 4.69) is 27.0 Å². The van der Waals surface area contributed by atoms with Crippen LogP contribution in [0.15, 0.2) is 29.3 Å². The summed E-state index contributed by atoms with van der Waals surface area (Å²) >= 11 is 0. The van der Waals surface area contributed by atoms with Gasteiger partial charge in [-0.15, -0.1) is 24.0 Å². The maximum atomic E-state index is 5.96. The van der Waals surface area contributed by atoms with Crippen LogP contribution in [0, 0.1) is 0 Å². The smallest absolute Gasteiger partial charge is 0.193 e. The number of hydrogen-bond acceptors (Lipinski definition) is 4. The Labute approximate surface area is 168 Å². The lowest BCUT2D eigenvalue weighted by Gasteiger charge is -2.33. The first-order valence-corrected chi connectivity index (χ1v) is 8.85. The predicted molar refractivity (Wildman–Crippen MR) is 116 cm³/mol. The molecule has 1 aliphatic heterocycles. The van der Waals surface area contributed by atoms with Gasteiger partial charge >= 0.3 is 0 Å². The van der Waals surface area contributed by atoms with Crippen molar-refractivity contribution in [3.63, 3.8) is 0 Å². The number of nitrogens with zero attached hydrogens (tertiary/aromatic N) is 3. The lowest BCUT2D eigenvalue weighted by molar-refractivity contribution is 0.140. The number of piperazine rings is 1. The number of benzene rings is 1. The molecule has 0 atom stereocenters. The number of hydrogen-bond donors (Lipinski definition) is 2. The maximum absolute atomic E-state index is 5.96. The zero-order valence-corrected chi connectivity index (χ0v) is 17.9.